The van der Waals surface area contributed by atoms with E-state index in [1.807, 2.05) is 6.07 Å². The lowest BCUT2D eigenvalue weighted by Gasteiger charge is -2.27. The van der Waals surface area contributed by atoms with E-state index < -0.39 is 0 Å². The molecule has 0 amide bonds. The second kappa shape index (κ2) is 9.58. The maximum absolute atomic E-state index is 6.20. The summed E-state index contributed by atoms with van der Waals surface area (Å²) in [5, 5.41) is 7.47. The smallest absolute Gasteiger partial charge is 0.135 e. The van der Waals surface area contributed by atoms with Crippen LogP contribution in [0.4, 0.5) is 0 Å². The van der Waals surface area contributed by atoms with Gasteiger partial charge in [0.2, 0.25) is 0 Å². The molecule has 0 bridgehead atoms. The Morgan fingerprint density at radius 3 is 2.05 bits per heavy atom. The standard InChI is InChI=1S/C42H28O/c1-2-11-28(12-3-1)41-34-15-6-7-16-35(34)42(32-21-23-40-37(26-32)33-14-8-9-17-39(33)43-40)36-22-20-31(25-38(36)41)30-19-18-27-10-4-5-13-29(27)24-30/h1-24,26,31H,25H2. The van der Waals surface area contributed by atoms with Gasteiger partial charge in [-0.15, -0.1) is 0 Å². The van der Waals surface area contributed by atoms with Crippen molar-refractivity contribution in [1.82, 2.24) is 0 Å². The molecule has 0 fully saturated rings. The first-order chi connectivity index (χ1) is 21.3. The third-order valence-corrected chi connectivity index (χ3v) is 9.21. The summed E-state index contributed by atoms with van der Waals surface area (Å²) in [5.41, 5.74) is 11.1. The second-order valence-electron chi connectivity index (χ2n) is 11.6. The number of allylic oxidation sites excluding steroid dienone is 1. The van der Waals surface area contributed by atoms with Crippen molar-refractivity contribution in [2.75, 3.05) is 0 Å². The van der Waals surface area contributed by atoms with Crippen LogP contribution in [-0.2, 0) is 6.42 Å². The predicted octanol–water partition coefficient (Wildman–Crippen LogP) is 11.6. The summed E-state index contributed by atoms with van der Waals surface area (Å²) in [6.07, 6.45) is 5.76. The highest BCUT2D eigenvalue weighted by Gasteiger charge is 2.26. The Morgan fingerprint density at radius 1 is 0.488 bits per heavy atom. The molecule has 1 aromatic heterocycles. The normalized spacial score (nSPS) is 14.6. The summed E-state index contributed by atoms with van der Waals surface area (Å²) in [4.78, 5) is 0. The Balaban J connectivity index is 1.32. The van der Waals surface area contributed by atoms with Crippen LogP contribution < -0.4 is 0 Å². The Kier molecular flexibility index (Phi) is 5.39. The zero-order valence-corrected chi connectivity index (χ0v) is 23.6. The average Bonchev–Trinajstić information content (AvgIpc) is 3.45. The highest BCUT2D eigenvalue weighted by atomic mass is 16.3. The molecule has 202 valence electrons. The fourth-order valence-corrected chi connectivity index (χ4v) is 7.20. The van der Waals surface area contributed by atoms with Crippen LogP contribution in [-0.4, -0.2) is 0 Å². The Labute approximate surface area is 250 Å². The summed E-state index contributed by atoms with van der Waals surface area (Å²) >= 11 is 0. The van der Waals surface area contributed by atoms with Crippen LogP contribution in [0, 0.1) is 0 Å². The van der Waals surface area contributed by atoms with Crippen molar-refractivity contribution < 1.29 is 4.42 Å². The van der Waals surface area contributed by atoms with E-state index in [2.05, 4.69) is 146 Å². The van der Waals surface area contributed by atoms with Gasteiger partial charge >= 0.3 is 0 Å². The van der Waals surface area contributed by atoms with Crippen LogP contribution in [0.1, 0.15) is 22.6 Å². The number of hydrogen-bond acceptors (Lipinski definition) is 1. The van der Waals surface area contributed by atoms with Gasteiger partial charge in [-0.1, -0.05) is 133 Å². The lowest BCUT2D eigenvalue weighted by atomic mass is 9.76. The molecule has 1 aliphatic carbocycles. The molecule has 1 atom stereocenters. The summed E-state index contributed by atoms with van der Waals surface area (Å²) < 4.78 is 6.20. The van der Waals surface area contributed by atoms with Gasteiger partial charge in [-0.25, -0.2) is 0 Å². The molecular weight excluding hydrogens is 520 g/mol. The molecule has 0 N–H and O–H groups in total. The molecule has 0 saturated carbocycles. The summed E-state index contributed by atoms with van der Waals surface area (Å²) in [6.45, 7) is 0. The van der Waals surface area contributed by atoms with Gasteiger partial charge in [0.1, 0.15) is 11.2 Å². The fraction of sp³-hybridized carbons (Fsp3) is 0.0476. The van der Waals surface area contributed by atoms with Gasteiger partial charge in [0.25, 0.3) is 0 Å². The van der Waals surface area contributed by atoms with Crippen LogP contribution in [0.3, 0.4) is 0 Å². The molecule has 1 unspecified atom stereocenters. The van der Waals surface area contributed by atoms with E-state index in [1.165, 1.54) is 60.5 Å². The highest BCUT2D eigenvalue weighted by Crippen LogP contribution is 2.47. The minimum absolute atomic E-state index is 0.300. The van der Waals surface area contributed by atoms with Crippen molar-refractivity contribution in [3.05, 3.63) is 162 Å². The van der Waals surface area contributed by atoms with E-state index in [0.717, 1.165) is 28.4 Å². The molecule has 0 aliphatic heterocycles. The van der Waals surface area contributed by atoms with Gasteiger partial charge in [0.05, 0.1) is 0 Å². The molecule has 0 radical (unpaired) electrons. The molecule has 1 heterocycles. The van der Waals surface area contributed by atoms with Gasteiger partial charge in [-0.05, 0) is 85.1 Å². The lowest BCUT2D eigenvalue weighted by molar-refractivity contribution is 0.669. The quantitative estimate of drug-likeness (QED) is 0.214. The van der Waals surface area contributed by atoms with Crippen LogP contribution in [0.25, 0.3) is 71.8 Å². The van der Waals surface area contributed by atoms with Crippen LogP contribution in [0.5, 0.6) is 0 Å². The van der Waals surface area contributed by atoms with Crippen molar-refractivity contribution >= 4 is 49.6 Å². The van der Waals surface area contributed by atoms with Gasteiger partial charge in [0.15, 0.2) is 0 Å². The molecule has 1 aliphatic rings. The van der Waals surface area contributed by atoms with E-state index >= 15 is 0 Å². The van der Waals surface area contributed by atoms with Crippen molar-refractivity contribution in [3.63, 3.8) is 0 Å². The summed E-state index contributed by atoms with van der Waals surface area (Å²) in [6, 6.07) is 50.5. The number of rotatable bonds is 3. The van der Waals surface area contributed by atoms with Gasteiger partial charge in [-0.3, -0.25) is 0 Å². The molecular formula is C42H28O. The van der Waals surface area contributed by atoms with E-state index in [1.54, 1.807) is 0 Å². The Bertz CT molecular complexity index is 2370. The number of hydrogen-bond donors (Lipinski definition) is 0. The monoisotopic (exact) mass is 548 g/mol. The SMILES string of the molecule is C1=CC(c2ccc3ccccc3c2)Cc2c1c(-c1ccc3oc4ccccc4c3c1)c1ccccc1c2-c1ccccc1. The van der Waals surface area contributed by atoms with Crippen molar-refractivity contribution in [2.24, 2.45) is 0 Å². The minimum Gasteiger partial charge on any atom is -0.456 e. The van der Waals surface area contributed by atoms with Gasteiger partial charge in [0, 0.05) is 16.7 Å². The number of benzene rings is 7. The minimum atomic E-state index is 0.300. The average molecular weight is 549 g/mol. The zero-order chi connectivity index (χ0) is 28.3. The first kappa shape index (κ1) is 24.2. The maximum Gasteiger partial charge on any atom is 0.135 e. The molecule has 0 spiro atoms. The maximum atomic E-state index is 6.20. The molecule has 1 heteroatoms. The first-order valence-electron chi connectivity index (χ1n) is 15.0. The third-order valence-electron chi connectivity index (χ3n) is 9.21. The van der Waals surface area contributed by atoms with Gasteiger partial charge < -0.3 is 4.42 Å². The zero-order valence-electron chi connectivity index (χ0n) is 23.6. The van der Waals surface area contributed by atoms with Crippen LogP contribution in [0.2, 0.25) is 0 Å². The second-order valence-corrected chi connectivity index (χ2v) is 11.6. The van der Waals surface area contributed by atoms with E-state index in [0.29, 0.717) is 5.92 Å². The fourth-order valence-electron chi connectivity index (χ4n) is 7.20. The Hall–Kier alpha value is -5.40. The highest BCUT2D eigenvalue weighted by molar-refractivity contribution is 6.12. The molecule has 0 saturated heterocycles. The first-order valence-corrected chi connectivity index (χ1v) is 15.0. The summed E-state index contributed by atoms with van der Waals surface area (Å²) in [5.74, 6) is 0.300. The largest absolute Gasteiger partial charge is 0.456 e. The molecule has 8 aromatic rings. The topological polar surface area (TPSA) is 13.1 Å². The lowest BCUT2D eigenvalue weighted by Crippen LogP contribution is -2.09. The van der Waals surface area contributed by atoms with Crippen LogP contribution in [0.15, 0.2) is 150 Å². The molecule has 43 heavy (non-hydrogen) atoms. The predicted molar refractivity (Wildman–Crippen MR) is 182 cm³/mol. The Morgan fingerprint density at radius 2 is 1.19 bits per heavy atom. The van der Waals surface area contributed by atoms with E-state index in [9.17, 15) is 0 Å². The van der Waals surface area contributed by atoms with Crippen molar-refractivity contribution in [3.8, 4) is 22.3 Å². The van der Waals surface area contributed by atoms with Crippen molar-refractivity contribution in [1.29, 1.82) is 0 Å². The van der Waals surface area contributed by atoms with Crippen molar-refractivity contribution in [2.45, 2.75) is 12.3 Å². The number of fused-ring (bicyclic) bond motifs is 6. The van der Waals surface area contributed by atoms with Crippen LogP contribution >= 0.6 is 0 Å². The molecule has 9 rings (SSSR count). The van der Waals surface area contributed by atoms with E-state index in [-0.39, 0.29) is 0 Å². The number of furan rings is 1. The summed E-state index contributed by atoms with van der Waals surface area (Å²) in [7, 11) is 0. The molecule has 1 nitrogen and oxygen atoms in total. The van der Waals surface area contributed by atoms with E-state index in [4.69, 9.17) is 4.42 Å². The van der Waals surface area contributed by atoms with Gasteiger partial charge in [-0.2, -0.15) is 0 Å². The third kappa shape index (κ3) is 3.86. The molecule has 7 aromatic carbocycles. The number of para-hydroxylation sites is 1.